The summed E-state index contributed by atoms with van der Waals surface area (Å²) in [5.74, 6) is -0.163. The topological polar surface area (TPSA) is 88.1 Å². The van der Waals surface area contributed by atoms with Crippen LogP contribution in [0.1, 0.15) is 20.3 Å². The van der Waals surface area contributed by atoms with Crippen molar-refractivity contribution in [2.24, 2.45) is 0 Å². The van der Waals surface area contributed by atoms with E-state index in [-0.39, 0.29) is 43.0 Å². The number of β-amino-alcohol motifs (C(OH)–C–C–N with tert-alkyl or cyclic N) is 1. The van der Waals surface area contributed by atoms with Crippen molar-refractivity contribution in [1.82, 2.24) is 4.90 Å². The third-order valence-electron chi connectivity index (χ3n) is 3.99. The van der Waals surface area contributed by atoms with E-state index >= 15 is 0 Å². The quantitative estimate of drug-likeness (QED) is 0.693. The maximum absolute atomic E-state index is 12.4. The van der Waals surface area contributed by atoms with E-state index in [1.54, 1.807) is 24.3 Å². The summed E-state index contributed by atoms with van der Waals surface area (Å²) in [5.41, 5.74) is 1.09. The molecule has 1 aliphatic rings. The van der Waals surface area contributed by atoms with Crippen molar-refractivity contribution in [1.29, 1.82) is 0 Å². The molecule has 1 aromatic rings. The van der Waals surface area contributed by atoms with Gasteiger partial charge in [0.25, 0.3) is 5.91 Å². The SMILES string of the molecule is CCC(C)Oc1ccc(NC2=C(C(=O)OC)CN(CCO)C2=O)cc1. The summed E-state index contributed by atoms with van der Waals surface area (Å²) in [5, 5.41) is 12.1. The molecular formula is C18H24N2O5. The summed E-state index contributed by atoms with van der Waals surface area (Å²) in [6.07, 6.45) is 1.03. The van der Waals surface area contributed by atoms with E-state index in [2.05, 4.69) is 5.32 Å². The van der Waals surface area contributed by atoms with Gasteiger partial charge in [0.05, 0.1) is 31.9 Å². The Morgan fingerprint density at radius 3 is 2.60 bits per heavy atom. The third-order valence-corrected chi connectivity index (χ3v) is 3.99. The number of anilines is 1. The van der Waals surface area contributed by atoms with E-state index in [0.717, 1.165) is 12.2 Å². The average molecular weight is 348 g/mol. The van der Waals surface area contributed by atoms with Gasteiger partial charge in [0.2, 0.25) is 0 Å². The number of hydrogen-bond donors (Lipinski definition) is 2. The molecule has 0 fully saturated rings. The summed E-state index contributed by atoms with van der Waals surface area (Å²) in [6, 6.07) is 7.17. The minimum atomic E-state index is -0.562. The second kappa shape index (κ2) is 8.53. The number of nitrogens with one attached hydrogen (secondary N) is 1. The molecule has 2 rings (SSSR count). The molecule has 1 amide bonds. The highest BCUT2D eigenvalue weighted by Gasteiger charge is 2.34. The van der Waals surface area contributed by atoms with Gasteiger partial charge in [-0.1, -0.05) is 6.92 Å². The van der Waals surface area contributed by atoms with Gasteiger partial charge in [0.15, 0.2) is 0 Å². The summed E-state index contributed by atoms with van der Waals surface area (Å²) >= 11 is 0. The molecule has 0 spiro atoms. The van der Waals surface area contributed by atoms with Crippen LogP contribution in [0.25, 0.3) is 0 Å². The van der Waals surface area contributed by atoms with Crippen molar-refractivity contribution in [3.05, 3.63) is 35.5 Å². The smallest absolute Gasteiger partial charge is 0.337 e. The minimum Gasteiger partial charge on any atom is -0.491 e. The molecule has 1 unspecified atom stereocenters. The van der Waals surface area contributed by atoms with Crippen LogP contribution in [-0.2, 0) is 14.3 Å². The number of carbonyl (C=O) groups excluding carboxylic acids is 2. The van der Waals surface area contributed by atoms with Crippen molar-refractivity contribution >= 4 is 17.6 Å². The third kappa shape index (κ3) is 4.51. The van der Waals surface area contributed by atoms with Crippen LogP contribution < -0.4 is 10.1 Å². The van der Waals surface area contributed by atoms with Crippen LogP contribution in [0.5, 0.6) is 5.75 Å². The number of methoxy groups -OCH3 is 1. The lowest BCUT2D eigenvalue weighted by Crippen LogP contribution is -2.31. The molecule has 2 N–H and O–H groups in total. The van der Waals surface area contributed by atoms with Gasteiger partial charge in [-0.2, -0.15) is 0 Å². The molecule has 25 heavy (non-hydrogen) atoms. The largest absolute Gasteiger partial charge is 0.491 e. The van der Waals surface area contributed by atoms with Gasteiger partial charge in [-0.05, 0) is 37.6 Å². The molecule has 0 aliphatic carbocycles. The van der Waals surface area contributed by atoms with Crippen LogP contribution in [0.3, 0.4) is 0 Å². The zero-order valence-corrected chi connectivity index (χ0v) is 14.7. The Balaban J connectivity index is 2.17. The fourth-order valence-corrected chi connectivity index (χ4v) is 2.43. The number of carbonyl (C=O) groups is 2. The second-order valence-corrected chi connectivity index (χ2v) is 5.78. The lowest BCUT2D eigenvalue weighted by Gasteiger charge is -2.15. The Kier molecular flexibility index (Phi) is 6.41. The van der Waals surface area contributed by atoms with Gasteiger partial charge in [-0.15, -0.1) is 0 Å². The van der Waals surface area contributed by atoms with E-state index in [9.17, 15) is 9.59 Å². The van der Waals surface area contributed by atoms with Crippen LogP contribution in [0.15, 0.2) is 35.5 Å². The normalized spacial score (nSPS) is 15.4. The maximum atomic E-state index is 12.4. The van der Waals surface area contributed by atoms with Gasteiger partial charge < -0.3 is 24.8 Å². The van der Waals surface area contributed by atoms with Gasteiger partial charge in [0.1, 0.15) is 11.4 Å². The van der Waals surface area contributed by atoms with Gasteiger partial charge in [-0.25, -0.2) is 4.79 Å². The van der Waals surface area contributed by atoms with Gasteiger partial charge >= 0.3 is 5.97 Å². The summed E-state index contributed by atoms with van der Waals surface area (Å²) in [6.45, 7) is 4.14. The van der Waals surface area contributed by atoms with Crippen LogP contribution in [-0.4, -0.2) is 54.8 Å². The first-order valence-corrected chi connectivity index (χ1v) is 8.25. The van der Waals surface area contributed by atoms with Crippen LogP contribution >= 0.6 is 0 Å². The molecule has 7 nitrogen and oxygen atoms in total. The molecule has 1 aliphatic heterocycles. The Morgan fingerprint density at radius 1 is 1.36 bits per heavy atom. The highest BCUT2D eigenvalue weighted by atomic mass is 16.5. The molecule has 0 saturated heterocycles. The van der Waals surface area contributed by atoms with E-state index in [4.69, 9.17) is 14.6 Å². The Bertz CT molecular complexity index is 654. The Hall–Kier alpha value is -2.54. The molecule has 7 heteroatoms. The van der Waals surface area contributed by atoms with E-state index in [1.165, 1.54) is 12.0 Å². The van der Waals surface area contributed by atoms with E-state index in [0.29, 0.717) is 5.69 Å². The number of aliphatic hydroxyl groups is 1. The second-order valence-electron chi connectivity index (χ2n) is 5.78. The average Bonchev–Trinajstić information content (AvgIpc) is 2.92. The predicted molar refractivity (Wildman–Crippen MR) is 93.2 cm³/mol. The molecule has 1 heterocycles. The lowest BCUT2D eigenvalue weighted by atomic mass is 10.2. The van der Waals surface area contributed by atoms with Crippen LogP contribution in [0, 0.1) is 0 Å². The molecule has 1 atom stereocenters. The predicted octanol–water partition coefficient (Wildman–Crippen LogP) is 1.54. The molecule has 136 valence electrons. The first-order valence-electron chi connectivity index (χ1n) is 8.25. The Morgan fingerprint density at radius 2 is 2.04 bits per heavy atom. The summed E-state index contributed by atoms with van der Waals surface area (Å²) in [4.78, 5) is 25.8. The first kappa shape index (κ1) is 18.8. The van der Waals surface area contributed by atoms with Crippen molar-refractivity contribution in [3.63, 3.8) is 0 Å². The number of rotatable bonds is 8. The van der Waals surface area contributed by atoms with Gasteiger partial charge in [-0.3, -0.25) is 4.79 Å². The Labute approximate surface area is 147 Å². The number of hydrogen-bond acceptors (Lipinski definition) is 6. The fourth-order valence-electron chi connectivity index (χ4n) is 2.43. The molecule has 0 bridgehead atoms. The zero-order valence-electron chi connectivity index (χ0n) is 14.7. The fraction of sp³-hybridized carbons (Fsp3) is 0.444. The van der Waals surface area contributed by atoms with Crippen molar-refractivity contribution in [3.8, 4) is 5.75 Å². The monoisotopic (exact) mass is 348 g/mol. The highest BCUT2D eigenvalue weighted by Crippen LogP contribution is 2.24. The van der Waals surface area contributed by atoms with Crippen molar-refractivity contribution in [2.45, 2.75) is 26.4 Å². The summed E-state index contributed by atoms with van der Waals surface area (Å²) < 4.78 is 10.5. The molecule has 0 radical (unpaired) electrons. The number of benzene rings is 1. The van der Waals surface area contributed by atoms with E-state index < -0.39 is 5.97 Å². The van der Waals surface area contributed by atoms with Crippen molar-refractivity contribution < 1.29 is 24.2 Å². The van der Waals surface area contributed by atoms with Gasteiger partial charge in [0, 0.05) is 12.2 Å². The number of ether oxygens (including phenoxy) is 2. The number of amides is 1. The van der Waals surface area contributed by atoms with E-state index in [1.807, 2.05) is 13.8 Å². The number of nitrogens with zero attached hydrogens (tertiary/aromatic N) is 1. The highest BCUT2D eigenvalue weighted by molar-refractivity contribution is 6.08. The summed E-state index contributed by atoms with van der Waals surface area (Å²) in [7, 11) is 1.27. The molecule has 0 saturated carbocycles. The molecule has 1 aromatic carbocycles. The molecule has 0 aromatic heterocycles. The number of esters is 1. The lowest BCUT2D eigenvalue weighted by molar-refractivity contribution is -0.136. The van der Waals surface area contributed by atoms with Crippen molar-refractivity contribution in [2.75, 3.05) is 32.1 Å². The minimum absolute atomic E-state index is 0.115. The zero-order chi connectivity index (χ0) is 18.4. The van der Waals surface area contributed by atoms with Crippen LogP contribution in [0.4, 0.5) is 5.69 Å². The first-order chi connectivity index (χ1) is 12.0. The maximum Gasteiger partial charge on any atom is 0.337 e. The number of aliphatic hydroxyl groups excluding tert-OH is 1. The van der Waals surface area contributed by atoms with Crippen LogP contribution in [0.2, 0.25) is 0 Å². The standard InChI is InChI=1S/C18H24N2O5/c1-4-12(2)25-14-7-5-13(6-8-14)19-16-15(18(23)24-3)11-20(9-10-21)17(16)22/h5-8,12,19,21H,4,9-11H2,1-3H3. The molecular weight excluding hydrogens is 324 g/mol.